The highest BCUT2D eigenvalue weighted by Crippen LogP contribution is 2.25. The molecule has 1 aromatic carbocycles. The van der Waals surface area contributed by atoms with Crippen molar-refractivity contribution in [1.82, 2.24) is 15.0 Å². The van der Waals surface area contributed by atoms with E-state index in [1.165, 1.54) is 12.8 Å². The smallest absolute Gasteiger partial charge is 0.292 e. The SMILES string of the molecule is COc1ccc(-c2cc(C(=O)N3CCC(C(=O)N4CCCCCC4)CC3)on2)cc1. The van der Waals surface area contributed by atoms with Crippen molar-refractivity contribution in [2.45, 2.75) is 38.5 Å². The fourth-order valence-corrected chi connectivity index (χ4v) is 4.31. The third-order valence-electron chi connectivity index (χ3n) is 6.16. The molecule has 7 heteroatoms. The van der Waals surface area contributed by atoms with Gasteiger partial charge in [-0.2, -0.15) is 0 Å². The lowest BCUT2D eigenvalue weighted by molar-refractivity contribution is -0.136. The Hall–Kier alpha value is -2.83. The molecule has 2 aliphatic rings. The fraction of sp³-hybridized carbons (Fsp3) is 0.522. The minimum atomic E-state index is -0.164. The highest BCUT2D eigenvalue weighted by molar-refractivity contribution is 5.92. The van der Waals surface area contributed by atoms with Gasteiger partial charge in [-0.1, -0.05) is 18.0 Å². The maximum atomic E-state index is 12.8. The molecule has 3 heterocycles. The number of aromatic nitrogens is 1. The first-order chi connectivity index (χ1) is 14.7. The average Bonchev–Trinajstić information content (AvgIpc) is 3.13. The van der Waals surface area contributed by atoms with Gasteiger partial charge < -0.3 is 19.1 Å². The number of hydrogen-bond donors (Lipinski definition) is 0. The Bertz CT molecular complexity index is 861. The van der Waals surface area contributed by atoms with Crippen molar-refractivity contribution < 1.29 is 18.8 Å². The van der Waals surface area contributed by atoms with Gasteiger partial charge in [-0.25, -0.2) is 0 Å². The number of nitrogens with zero attached hydrogens (tertiary/aromatic N) is 3. The number of benzene rings is 1. The van der Waals surface area contributed by atoms with Crippen LogP contribution in [0, 0.1) is 5.92 Å². The lowest BCUT2D eigenvalue weighted by Crippen LogP contribution is -2.44. The summed E-state index contributed by atoms with van der Waals surface area (Å²) >= 11 is 0. The van der Waals surface area contributed by atoms with E-state index >= 15 is 0 Å². The number of hydrogen-bond acceptors (Lipinski definition) is 5. The normalized spacial score (nSPS) is 18.2. The van der Waals surface area contributed by atoms with E-state index in [4.69, 9.17) is 9.26 Å². The summed E-state index contributed by atoms with van der Waals surface area (Å²) in [5.74, 6) is 1.12. The van der Waals surface area contributed by atoms with Crippen LogP contribution < -0.4 is 4.74 Å². The highest BCUT2D eigenvalue weighted by Gasteiger charge is 2.31. The number of carbonyl (C=O) groups is 2. The molecule has 0 saturated carbocycles. The van der Waals surface area contributed by atoms with Gasteiger partial charge in [-0.3, -0.25) is 9.59 Å². The number of rotatable bonds is 4. The highest BCUT2D eigenvalue weighted by atomic mass is 16.5. The van der Waals surface area contributed by atoms with Crippen LogP contribution in [-0.4, -0.2) is 60.1 Å². The molecule has 4 rings (SSSR count). The van der Waals surface area contributed by atoms with E-state index in [2.05, 4.69) is 5.16 Å². The van der Waals surface area contributed by atoms with Gasteiger partial charge in [0.15, 0.2) is 0 Å². The van der Waals surface area contributed by atoms with E-state index in [0.717, 1.165) is 37.2 Å². The van der Waals surface area contributed by atoms with Crippen LogP contribution in [0.1, 0.15) is 49.1 Å². The summed E-state index contributed by atoms with van der Waals surface area (Å²) in [7, 11) is 1.62. The molecule has 0 spiro atoms. The van der Waals surface area contributed by atoms with Crippen molar-refractivity contribution >= 4 is 11.8 Å². The third-order valence-corrected chi connectivity index (χ3v) is 6.16. The van der Waals surface area contributed by atoms with Crippen LogP contribution in [0.4, 0.5) is 0 Å². The molecule has 2 amide bonds. The Balaban J connectivity index is 1.34. The number of carbonyl (C=O) groups excluding carboxylic acids is 2. The molecule has 2 fully saturated rings. The largest absolute Gasteiger partial charge is 0.497 e. The summed E-state index contributed by atoms with van der Waals surface area (Å²) in [6.07, 6.45) is 6.05. The summed E-state index contributed by atoms with van der Waals surface area (Å²) in [4.78, 5) is 29.5. The molecule has 2 aromatic rings. The standard InChI is InChI=1S/C23H29N3O4/c1-29-19-8-6-17(7-9-19)20-16-21(30-24-20)23(28)26-14-10-18(11-15-26)22(27)25-12-4-2-3-5-13-25/h6-9,16,18H,2-5,10-15H2,1H3. The van der Waals surface area contributed by atoms with Gasteiger partial charge in [-0.05, 0) is 49.9 Å². The molecule has 0 radical (unpaired) electrons. The predicted molar refractivity (Wildman–Crippen MR) is 112 cm³/mol. The van der Waals surface area contributed by atoms with Crippen LogP contribution >= 0.6 is 0 Å². The zero-order chi connectivity index (χ0) is 20.9. The summed E-state index contributed by atoms with van der Waals surface area (Å²) in [5, 5.41) is 4.05. The van der Waals surface area contributed by atoms with Gasteiger partial charge >= 0.3 is 0 Å². The molecule has 1 aromatic heterocycles. The molecule has 7 nitrogen and oxygen atoms in total. The Morgan fingerprint density at radius 1 is 0.967 bits per heavy atom. The summed E-state index contributed by atoms with van der Waals surface area (Å²) in [6.45, 7) is 2.90. The predicted octanol–water partition coefficient (Wildman–Crippen LogP) is 3.61. The summed E-state index contributed by atoms with van der Waals surface area (Å²) in [5.41, 5.74) is 1.48. The maximum Gasteiger partial charge on any atom is 0.292 e. The lowest BCUT2D eigenvalue weighted by atomic mass is 9.95. The first-order valence-corrected chi connectivity index (χ1v) is 10.8. The molecule has 0 aliphatic carbocycles. The number of amides is 2. The molecule has 30 heavy (non-hydrogen) atoms. The van der Waals surface area contributed by atoms with Crippen LogP contribution in [-0.2, 0) is 4.79 Å². The van der Waals surface area contributed by atoms with Gasteiger partial charge in [-0.15, -0.1) is 0 Å². The molecule has 0 unspecified atom stereocenters. The Labute approximate surface area is 177 Å². The number of piperidine rings is 1. The van der Waals surface area contributed by atoms with Crippen LogP contribution in [0.2, 0.25) is 0 Å². The van der Waals surface area contributed by atoms with Gasteiger partial charge in [0.05, 0.1) is 7.11 Å². The second kappa shape index (κ2) is 9.32. The van der Waals surface area contributed by atoms with E-state index in [9.17, 15) is 9.59 Å². The Morgan fingerprint density at radius 3 is 2.27 bits per heavy atom. The topological polar surface area (TPSA) is 75.9 Å². The molecule has 0 atom stereocenters. The van der Waals surface area contributed by atoms with Crippen molar-refractivity contribution in [3.8, 4) is 17.0 Å². The second-order valence-electron chi connectivity index (χ2n) is 8.11. The monoisotopic (exact) mass is 411 g/mol. The van der Waals surface area contributed by atoms with E-state index in [0.29, 0.717) is 31.6 Å². The van der Waals surface area contributed by atoms with E-state index in [1.807, 2.05) is 29.2 Å². The molecule has 0 bridgehead atoms. The van der Waals surface area contributed by atoms with Gasteiger partial charge in [0.2, 0.25) is 11.7 Å². The Kier molecular flexibility index (Phi) is 6.35. The summed E-state index contributed by atoms with van der Waals surface area (Å²) in [6, 6.07) is 9.13. The summed E-state index contributed by atoms with van der Waals surface area (Å²) < 4.78 is 10.5. The molecular weight excluding hydrogens is 382 g/mol. The molecule has 2 aliphatic heterocycles. The van der Waals surface area contributed by atoms with Crippen LogP contribution in [0.5, 0.6) is 5.75 Å². The van der Waals surface area contributed by atoms with Gasteiger partial charge in [0.1, 0.15) is 11.4 Å². The third kappa shape index (κ3) is 4.50. The molecule has 0 N–H and O–H groups in total. The van der Waals surface area contributed by atoms with Gasteiger partial charge in [0.25, 0.3) is 5.91 Å². The first-order valence-electron chi connectivity index (χ1n) is 10.8. The molecule has 2 saturated heterocycles. The zero-order valence-electron chi connectivity index (χ0n) is 17.5. The van der Waals surface area contributed by atoms with Gasteiger partial charge in [0, 0.05) is 43.7 Å². The Morgan fingerprint density at radius 2 is 1.63 bits per heavy atom. The van der Waals surface area contributed by atoms with E-state index < -0.39 is 0 Å². The van der Waals surface area contributed by atoms with E-state index in [-0.39, 0.29) is 23.5 Å². The molecular formula is C23H29N3O4. The van der Waals surface area contributed by atoms with Crippen LogP contribution in [0.3, 0.4) is 0 Å². The van der Waals surface area contributed by atoms with Crippen molar-refractivity contribution in [2.24, 2.45) is 5.92 Å². The minimum Gasteiger partial charge on any atom is -0.497 e. The van der Waals surface area contributed by atoms with Crippen LogP contribution in [0.15, 0.2) is 34.9 Å². The van der Waals surface area contributed by atoms with Crippen molar-refractivity contribution in [1.29, 1.82) is 0 Å². The van der Waals surface area contributed by atoms with Crippen molar-refractivity contribution in [3.63, 3.8) is 0 Å². The lowest BCUT2D eigenvalue weighted by Gasteiger charge is -2.33. The van der Waals surface area contributed by atoms with Crippen LogP contribution in [0.25, 0.3) is 11.3 Å². The fourth-order valence-electron chi connectivity index (χ4n) is 4.31. The average molecular weight is 412 g/mol. The first kappa shape index (κ1) is 20.4. The quantitative estimate of drug-likeness (QED) is 0.768. The minimum absolute atomic E-state index is 0.0248. The second-order valence-corrected chi connectivity index (χ2v) is 8.11. The van der Waals surface area contributed by atoms with E-state index in [1.54, 1.807) is 18.1 Å². The van der Waals surface area contributed by atoms with Crippen molar-refractivity contribution in [2.75, 3.05) is 33.3 Å². The zero-order valence-corrected chi connectivity index (χ0v) is 17.5. The maximum absolute atomic E-state index is 12.8. The number of likely N-dealkylation sites (tertiary alicyclic amines) is 2. The number of ether oxygens (including phenoxy) is 1. The van der Waals surface area contributed by atoms with Crippen molar-refractivity contribution in [3.05, 3.63) is 36.1 Å². The number of methoxy groups -OCH3 is 1. The molecule has 160 valence electrons.